The molecule has 0 aliphatic heterocycles. The summed E-state index contributed by atoms with van der Waals surface area (Å²) in [5.41, 5.74) is 2.60. The van der Waals surface area contributed by atoms with Gasteiger partial charge in [0.25, 0.3) is 0 Å². The Labute approximate surface area is 101 Å². The highest BCUT2D eigenvalue weighted by Crippen LogP contribution is 2.27. The number of rotatable bonds is 3. The van der Waals surface area contributed by atoms with Crippen molar-refractivity contribution in [1.29, 1.82) is 0 Å². The van der Waals surface area contributed by atoms with E-state index < -0.39 is 0 Å². The van der Waals surface area contributed by atoms with Crippen molar-refractivity contribution in [2.75, 3.05) is 0 Å². The number of fused-ring (bicyclic) bond motifs is 1. The predicted octanol–water partition coefficient (Wildman–Crippen LogP) is 2.84. The van der Waals surface area contributed by atoms with Crippen molar-refractivity contribution in [2.24, 2.45) is 0 Å². The lowest BCUT2D eigenvalue weighted by Crippen LogP contribution is -2.25. The Kier molecular flexibility index (Phi) is 2.92. The Morgan fingerprint density at radius 2 is 2.35 bits per heavy atom. The fraction of sp³-hybridized carbons (Fsp3) is 0.357. The molecule has 1 unspecified atom stereocenters. The van der Waals surface area contributed by atoms with Gasteiger partial charge >= 0.3 is 0 Å². The van der Waals surface area contributed by atoms with E-state index in [1.165, 1.54) is 17.7 Å². The molecule has 88 valence electrons. The molecular weight excluding hydrogens is 212 g/mol. The van der Waals surface area contributed by atoms with Gasteiger partial charge in [-0.1, -0.05) is 6.07 Å². The monoisotopic (exact) mass is 228 g/mol. The number of nitrogens with one attached hydrogen (secondary N) is 1. The molecule has 1 aliphatic rings. The number of hydrogen-bond donors (Lipinski definition) is 1. The van der Waals surface area contributed by atoms with Crippen LogP contribution in [0.1, 0.15) is 35.9 Å². The van der Waals surface area contributed by atoms with Gasteiger partial charge in [-0.2, -0.15) is 0 Å². The molecule has 0 radical (unpaired) electrons. The van der Waals surface area contributed by atoms with Crippen LogP contribution in [0.15, 0.2) is 41.1 Å². The Balaban J connectivity index is 1.72. The van der Waals surface area contributed by atoms with Crippen molar-refractivity contribution in [3.8, 4) is 0 Å². The predicted molar refractivity (Wildman–Crippen MR) is 65.5 cm³/mol. The summed E-state index contributed by atoms with van der Waals surface area (Å²) in [4.78, 5) is 4.51. The zero-order chi connectivity index (χ0) is 11.5. The lowest BCUT2D eigenvalue weighted by Gasteiger charge is -2.24. The fourth-order valence-electron chi connectivity index (χ4n) is 2.45. The van der Waals surface area contributed by atoms with Crippen LogP contribution in [0.5, 0.6) is 0 Å². The SMILES string of the molecule is c1coc(CNC2CCCc3cccnc32)c1. The number of nitrogens with zero attached hydrogens (tertiary/aromatic N) is 1. The molecular formula is C14H16N2O. The van der Waals surface area contributed by atoms with E-state index in [1.54, 1.807) is 6.26 Å². The summed E-state index contributed by atoms with van der Waals surface area (Å²) in [5.74, 6) is 0.980. The van der Waals surface area contributed by atoms with E-state index >= 15 is 0 Å². The summed E-state index contributed by atoms with van der Waals surface area (Å²) in [6.07, 6.45) is 7.14. The minimum Gasteiger partial charge on any atom is -0.468 e. The lowest BCUT2D eigenvalue weighted by molar-refractivity contribution is 0.410. The molecule has 0 spiro atoms. The second-order valence-electron chi connectivity index (χ2n) is 4.45. The summed E-state index contributed by atoms with van der Waals surface area (Å²) in [7, 11) is 0. The van der Waals surface area contributed by atoms with Gasteiger partial charge in [0, 0.05) is 6.20 Å². The third kappa shape index (κ3) is 2.24. The zero-order valence-corrected chi connectivity index (χ0v) is 9.73. The molecule has 2 aromatic rings. The van der Waals surface area contributed by atoms with E-state index in [0.717, 1.165) is 25.1 Å². The first kappa shape index (κ1) is 10.5. The molecule has 0 bridgehead atoms. The molecule has 1 aliphatic carbocycles. The Hall–Kier alpha value is -1.61. The summed E-state index contributed by atoms with van der Waals surface area (Å²) in [5, 5.41) is 3.52. The topological polar surface area (TPSA) is 38.1 Å². The molecule has 17 heavy (non-hydrogen) atoms. The summed E-state index contributed by atoms with van der Waals surface area (Å²) in [6, 6.07) is 8.49. The van der Waals surface area contributed by atoms with Gasteiger partial charge < -0.3 is 9.73 Å². The quantitative estimate of drug-likeness (QED) is 0.877. The molecule has 2 aromatic heterocycles. The maximum Gasteiger partial charge on any atom is 0.117 e. The molecule has 0 amide bonds. The molecule has 0 saturated heterocycles. The van der Waals surface area contributed by atoms with Crippen molar-refractivity contribution in [1.82, 2.24) is 10.3 Å². The smallest absolute Gasteiger partial charge is 0.117 e. The summed E-state index contributed by atoms with van der Waals surface area (Å²) in [6.45, 7) is 0.772. The van der Waals surface area contributed by atoms with Crippen LogP contribution in [0.3, 0.4) is 0 Å². The Morgan fingerprint density at radius 1 is 1.35 bits per heavy atom. The van der Waals surface area contributed by atoms with E-state index in [4.69, 9.17) is 4.42 Å². The Bertz CT molecular complexity index is 479. The molecule has 1 N–H and O–H groups in total. The van der Waals surface area contributed by atoms with Crippen LogP contribution in [0.2, 0.25) is 0 Å². The third-order valence-electron chi connectivity index (χ3n) is 3.30. The molecule has 1 atom stereocenters. The van der Waals surface area contributed by atoms with Gasteiger partial charge in [-0.05, 0) is 43.0 Å². The zero-order valence-electron chi connectivity index (χ0n) is 9.73. The van der Waals surface area contributed by atoms with Gasteiger partial charge in [0.1, 0.15) is 5.76 Å². The van der Waals surface area contributed by atoms with Gasteiger partial charge in [0.15, 0.2) is 0 Å². The average molecular weight is 228 g/mol. The van der Waals surface area contributed by atoms with Gasteiger partial charge in [-0.3, -0.25) is 4.98 Å². The Morgan fingerprint density at radius 3 is 3.24 bits per heavy atom. The molecule has 0 aromatic carbocycles. The van der Waals surface area contributed by atoms with Crippen LogP contribution < -0.4 is 5.32 Å². The lowest BCUT2D eigenvalue weighted by atomic mass is 9.92. The minimum absolute atomic E-state index is 0.366. The van der Waals surface area contributed by atoms with Crippen LogP contribution in [0.25, 0.3) is 0 Å². The molecule has 0 saturated carbocycles. The second kappa shape index (κ2) is 4.72. The van der Waals surface area contributed by atoms with E-state index in [0.29, 0.717) is 6.04 Å². The van der Waals surface area contributed by atoms with Gasteiger partial charge in [-0.25, -0.2) is 0 Å². The van der Waals surface area contributed by atoms with Crippen molar-refractivity contribution >= 4 is 0 Å². The first-order valence-electron chi connectivity index (χ1n) is 6.13. The van der Waals surface area contributed by atoms with Crippen molar-refractivity contribution < 1.29 is 4.42 Å². The second-order valence-corrected chi connectivity index (χ2v) is 4.45. The average Bonchev–Trinajstić information content (AvgIpc) is 2.89. The largest absolute Gasteiger partial charge is 0.468 e. The fourth-order valence-corrected chi connectivity index (χ4v) is 2.45. The molecule has 3 nitrogen and oxygen atoms in total. The van der Waals surface area contributed by atoms with Crippen LogP contribution in [0.4, 0.5) is 0 Å². The minimum atomic E-state index is 0.366. The maximum absolute atomic E-state index is 5.33. The van der Waals surface area contributed by atoms with Crippen molar-refractivity contribution in [3.05, 3.63) is 53.7 Å². The van der Waals surface area contributed by atoms with E-state index in [-0.39, 0.29) is 0 Å². The third-order valence-corrected chi connectivity index (χ3v) is 3.30. The van der Waals surface area contributed by atoms with E-state index in [9.17, 15) is 0 Å². The van der Waals surface area contributed by atoms with Crippen LogP contribution in [-0.2, 0) is 13.0 Å². The first-order valence-corrected chi connectivity index (χ1v) is 6.13. The normalized spacial score (nSPS) is 18.9. The molecule has 0 fully saturated rings. The summed E-state index contributed by atoms with van der Waals surface area (Å²) < 4.78 is 5.33. The van der Waals surface area contributed by atoms with Gasteiger partial charge in [0.2, 0.25) is 0 Å². The van der Waals surface area contributed by atoms with Crippen molar-refractivity contribution in [3.63, 3.8) is 0 Å². The first-order chi connectivity index (χ1) is 8.43. The number of hydrogen-bond acceptors (Lipinski definition) is 3. The van der Waals surface area contributed by atoms with E-state index in [2.05, 4.69) is 16.4 Å². The number of aryl methyl sites for hydroxylation is 1. The number of furan rings is 1. The van der Waals surface area contributed by atoms with Crippen LogP contribution in [0, 0.1) is 0 Å². The van der Waals surface area contributed by atoms with Gasteiger partial charge in [-0.15, -0.1) is 0 Å². The highest BCUT2D eigenvalue weighted by Gasteiger charge is 2.20. The number of pyridine rings is 1. The van der Waals surface area contributed by atoms with Crippen LogP contribution in [-0.4, -0.2) is 4.98 Å². The maximum atomic E-state index is 5.33. The molecule has 3 heteroatoms. The molecule has 3 rings (SSSR count). The van der Waals surface area contributed by atoms with Crippen molar-refractivity contribution in [2.45, 2.75) is 31.8 Å². The molecule has 2 heterocycles. The van der Waals surface area contributed by atoms with Crippen LogP contribution >= 0.6 is 0 Å². The van der Waals surface area contributed by atoms with Gasteiger partial charge in [0.05, 0.1) is 24.5 Å². The highest BCUT2D eigenvalue weighted by molar-refractivity contribution is 5.25. The summed E-state index contributed by atoms with van der Waals surface area (Å²) >= 11 is 0. The number of aromatic nitrogens is 1. The highest BCUT2D eigenvalue weighted by atomic mass is 16.3. The van der Waals surface area contributed by atoms with E-state index in [1.807, 2.05) is 24.4 Å². The standard InChI is InChI=1S/C14H16N2O/c1-4-11-5-2-8-15-14(11)13(7-1)16-10-12-6-3-9-17-12/h2-3,5-6,8-9,13,16H,1,4,7,10H2.